The SMILES string of the molecule is CC(CC(=O)O)CC(=O)NC(=O)Nc1c(Br)cccc1Br. The molecule has 1 atom stereocenters. The molecule has 1 aromatic rings. The predicted octanol–water partition coefficient (Wildman–Crippen LogP) is 3.36. The van der Waals surface area contributed by atoms with E-state index in [1.807, 2.05) is 0 Å². The van der Waals surface area contributed by atoms with Crippen LogP contribution in [0.4, 0.5) is 10.5 Å². The summed E-state index contributed by atoms with van der Waals surface area (Å²) < 4.78 is 1.33. The highest BCUT2D eigenvalue weighted by atomic mass is 79.9. The number of urea groups is 1. The monoisotopic (exact) mass is 420 g/mol. The number of carboxylic acids is 1. The number of nitrogens with one attached hydrogen (secondary N) is 2. The van der Waals surface area contributed by atoms with Crippen LogP contribution in [0.3, 0.4) is 0 Å². The van der Waals surface area contributed by atoms with Crippen LogP contribution in [-0.4, -0.2) is 23.0 Å². The first-order chi connectivity index (χ1) is 9.79. The number of anilines is 1. The molecule has 0 spiro atoms. The molecule has 6 nitrogen and oxygen atoms in total. The minimum Gasteiger partial charge on any atom is -0.481 e. The average Bonchev–Trinajstić information content (AvgIpc) is 2.32. The number of amides is 3. The number of halogens is 2. The molecule has 0 aliphatic carbocycles. The fourth-order valence-corrected chi connectivity index (χ4v) is 2.82. The fourth-order valence-electron chi connectivity index (χ4n) is 1.63. The smallest absolute Gasteiger partial charge is 0.325 e. The van der Waals surface area contributed by atoms with Crippen molar-refractivity contribution in [2.75, 3.05) is 5.32 Å². The summed E-state index contributed by atoms with van der Waals surface area (Å²) in [6.07, 6.45) is -0.151. The summed E-state index contributed by atoms with van der Waals surface area (Å²) in [5.74, 6) is -1.84. The van der Waals surface area contributed by atoms with Crippen LogP contribution in [0.1, 0.15) is 19.8 Å². The molecule has 1 unspecified atom stereocenters. The third-order valence-corrected chi connectivity index (χ3v) is 3.83. The van der Waals surface area contributed by atoms with Crippen molar-refractivity contribution in [3.63, 3.8) is 0 Å². The molecule has 21 heavy (non-hydrogen) atoms. The first kappa shape index (κ1) is 17.6. The molecule has 0 aromatic heterocycles. The Hall–Kier alpha value is -1.41. The standard InChI is InChI=1S/C13H14Br2N2O4/c1-7(6-11(19)20)5-10(18)16-13(21)17-12-8(14)3-2-4-9(12)15/h2-4,7H,5-6H2,1H3,(H,19,20)(H2,16,17,18,21). The van der Waals surface area contributed by atoms with Crippen molar-refractivity contribution >= 4 is 55.5 Å². The van der Waals surface area contributed by atoms with Gasteiger partial charge >= 0.3 is 12.0 Å². The lowest BCUT2D eigenvalue weighted by molar-refractivity contribution is -0.138. The molecule has 0 saturated carbocycles. The Kier molecular flexibility index (Phi) is 6.83. The van der Waals surface area contributed by atoms with Gasteiger partial charge in [-0.15, -0.1) is 0 Å². The minimum absolute atomic E-state index is 0.0309. The number of para-hydroxylation sites is 1. The maximum Gasteiger partial charge on any atom is 0.325 e. The van der Waals surface area contributed by atoms with Crippen LogP contribution in [0, 0.1) is 5.92 Å². The Labute approximate surface area is 138 Å². The van der Waals surface area contributed by atoms with Gasteiger partial charge in [-0.05, 0) is 49.9 Å². The van der Waals surface area contributed by atoms with E-state index >= 15 is 0 Å². The third kappa shape index (κ3) is 6.26. The Balaban J connectivity index is 2.54. The van der Waals surface area contributed by atoms with Gasteiger partial charge in [-0.25, -0.2) is 4.79 Å². The zero-order valence-corrected chi connectivity index (χ0v) is 14.3. The van der Waals surface area contributed by atoms with Crippen molar-refractivity contribution in [2.24, 2.45) is 5.92 Å². The van der Waals surface area contributed by atoms with Crippen molar-refractivity contribution in [3.8, 4) is 0 Å². The molecule has 0 fully saturated rings. The van der Waals surface area contributed by atoms with Gasteiger partial charge in [0.2, 0.25) is 5.91 Å². The maximum atomic E-state index is 11.7. The van der Waals surface area contributed by atoms with Crippen molar-refractivity contribution in [2.45, 2.75) is 19.8 Å². The van der Waals surface area contributed by atoms with Crippen molar-refractivity contribution in [3.05, 3.63) is 27.1 Å². The first-order valence-electron chi connectivity index (χ1n) is 6.06. The lowest BCUT2D eigenvalue weighted by Crippen LogP contribution is -2.35. The number of hydrogen-bond acceptors (Lipinski definition) is 3. The number of carbonyl (C=O) groups excluding carboxylic acids is 2. The van der Waals surface area contributed by atoms with Crippen molar-refractivity contribution in [1.29, 1.82) is 0 Å². The zero-order valence-electron chi connectivity index (χ0n) is 11.2. The van der Waals surface area contributed by atoms with Gasteiger partial charge in [-0.3, -0.25) is 14.9 Å². The van der Waals surface area contributed by atoms with E-state index in [9.17, 15) is 14.4 Å². The second-order valence-corrected chi connectivity index (χ2v) is 6.21. The van der Waals surface area contributed by atoms with Crippen LogP contribution in [-0.2, 0) is 9.59 Å². The van der Waals surface area contributed by atoms with Gasteiger partial charge in [0.05, 0.1) is 5.69 Å². The van der Waals surface area contributed by atoms with Gasteiger partial charge in [0.25, 0.3) is 0 Å². The highest BCUT2D eigenvalue weighted by Crippen LogP contribution is 2.30. The summed E-state index contributed by atoms with van der Waals surface area (Å²) in [5, 5.41) is 13.3. The number of benzene rings is 1. The normalized spacial score (nSPS) is 11.6. The molecule has 0 aliphatic heterocycles. The summed E-state index contributed by atoms with van der Waals surface area (Å²) in [6, 6.07) is 4.61. The molecule has 114 valence electrons. The quantitative estimate of drug-likeness (QED) is 0.679. The van der Waals surface area contributed by atoms with Gasteiger partial charge < -0.3 is 10.4 Å². The van der Waals surface area contributed by atoms with E-state index in [0.717, 1.165) is 0 Å². The molecule has 3 N–H and O–H groups in total. The molecule has 0 aliphatic rings. The molecule has 0 radical (unpaired) electrons. The molecule has 1 aromatic carbocycles. The number of aliphatic carboxylic acids is 1. The topological polar surface area (TPSA) is 95.5 Å². The van der Waals surface area contributed by atoms with Gasteiger partial charge in [0, 0.05) is 21.8 Å². The van der Waals surface area contributed by atoms with Crippen LogP contribution >= 0.6 is 31.9 Å². The predicted molar refractivity (Wildman–Crippen MR) is 85.0 cm³/mol. The van der Waals surface area contributed by atoms with E-state index in [1.165, 1.54) is 0 Å². The lowest BCUT2D eigenvalue weighted by atomic mass is 10.0. The van der Waals surface area contributed by atoms with E-state index < -0.39 is 17.9 Å². The van der Waals surface area contributed by atoms with Gasteiger partial charge in [-0.1, -0.05) is 13.0 Å². The Morgan fingerprint density at radius 3 is 2.29 bits per heavy atom. The highest BCUT2D eigenvalue weighted by molar-refractivity contribution is 9.11. The second kappa shape index (κ2) is 8.14. The largest absolute Gasteiger partial charge is 0.481 e. The zero-order chi connectivity index (χ0) is 16.0. The molecule has 0 saturated heterocycles. The number of imide groups is 1. The molecule has 0 heterocycles. The molecule has 1 rings (SSSR count). The van der Waals surface area contributed by atoms with Gasteiger partial charge in [0.15, 0.2) is 0 Å². The Morgan fingerprint density at radius 2 is 1.76 bits per heavy atom. The minimum atomic E-state index is -0.975. The molecule has 3 amide bonds. The van der Waals surface area contributed by atoms with Gasteiger partial charge in [-0.2, -0.15) is 0 Å². The summed E-state index contributed by atoms with van der Waals surface area (Å²) >= 11 is 6.57. The fraction of sp³-hybridized carbons (Fsp3) is 0.308. The average molecular weight is 422 g/mol. The highest BCUT2D eigenvalue weighted by Gasteiger charge is 2.16. The molecule has 0 bridgehead atoms. The van der Waals surface area contributed by atoms with Crippen LogP contribution < -0.4 is 10.6 Å². The van der Waals surface area contributed by atoms with E-state index in [2.05, 4.69) is 42.5 Å². The number of carboxylic acid groups (broad SMARTS) is 1. The lowest BCUT2D eigenvalue weighted by Gasteiger charge is -2.11. The number of carbonyl (C=O) groups is 3. The van der Waals surface area contributed by atoms with Crippen LogP contribution in [0.15, 0.2) is 27.1 Å². The van der Waals surface area contributed by atoms with Crippen LogP contribution in [0.25, 0.3) is 0 Å². The molecular formula is C13H14Br2N2O4. The van der Waals surface area contributed by atoms with E-state index in [4.69, 9.17) is 5.11 Å². The Morgan fingerprint density at radius 1 is 1.19 bits per heavy atom. The van der Waals surface area contributed by atoms with Crippen molar-refractivity contribution < 1.29 is 19.5 Å². The summed E-state index contributed by atoms with van der Waals surface area (Å²) in [4.78, 5) is 33.9. The molecule has 8 heteroatoms. The summed E-state index contributed by atoms with van der Waals surface area (Å²) in [6.45, 7) is 1.63. The third-order valence-electron chi connectivity index (χ3n) is 2.51. The van der Waals surface area contributed by atoms with E-state index in [1.54, 1.807) is 25.1 Å². The summed E-state index contributed by atoms with van der Waals surface area (Å²) in [5.41, 5.74) is 0.501. The Bertz CT molecular complexity index is 543. The maximum absolute atomic E-state index is 11.7. The summed E-state index contributed by atoms with van der Waals surface area (Å²) in [7, 11) is 0. The van der Waals surface area contributed by atoms with E-state index in [-0.39, 0.29) is 18.8 Å². The molecular weight excluding hydrogens is 408 g/mol. The van der Waals surface area contributed by atoms with Gasteiger partial charge in [0.1, 0.15) is 0 Å². The second-order valence-electron chi connectivity index (χ2n) is 4.51. The van der Waals surface area contributed by atoms with Crippen molar-refractivity contribution in [1.82, 2.24) is 5.32 Å². The number of rotatable bonds is 5. The number of hydrogen-bond donors (Lipinski definition) is 3. The first-order valence-corrected chi connectivity index (χ1v) is 7.64. The van der Waals surface area contributed by atoms with Crippen LogP contribution in [0.2, 0.25) is 0 Å². The van der Waals surface area contributed by atoms with E-state index in [0.29, 0.717) is 14.6 Å². The van der Waals surface area contributed by atoms with Crippen LogP contribution in [0.5, 0.6) is 0 Å².